The number of aryl methyl sites for hydroxylation is 1. The molecule has 1 aromatic heterocycles. The van der Waals surface area contributed by atoms with E-state index in [-0.39, 0.29) is 12.4 Å². The molecule has 0 saturated heterocycles. The molecule has 30 heavy (non-hydrogen) atoms. The lowest BCUT2D eigenvalue weighted by atomic mass is 10.0. The van der Waals surface area contributed by atoms with E-state index in [4.69, 9.17) is 9.47 Å². The Morgan fingerprint density at radius 1 is 1.07 bits per heavy atom. The second-order valence-corrected chi connectivity index (χ2v) is 7.28. The fraction of sp³-hybridized carbons (Fsp3) is 0.280. The molecule has 0 unspecified atom stereocenters. The average molecular weight is 405 g/mol. The van der Waals surface area contributed by atoms with Gasteiger partial charge in [0.25, 0.3) is 5.56 Å². The zero-order valence-corrected chi connectivity index (χ0v) is 17.5. The molecule has 3 aromatic rings. The summed E-state index contributed by atoms with van der Waals surface area (Å²) < 4.78 is 12.3. The van der Waals surface area contributed by atoms with Crippen LogP contribution in [0.15, 0.2) is 71.5 Å². The number of aromatic nitrogens is 1. The van der Waals surface area contributed by atoms with E-state index < -0.39 is 5.97 Å². The van der Waals surface area contributed by atoms with Crippen LogP contribution >= 0.6 is 0 Å². The number of ether oxygens (including phenoxy) is 2. The van der Waals surface area contributed by atoms with Crippen LogP contribution in [0.25, 0.3) is 22.0 Å². The van der Waals surface area contributed by atoms with Crippen molar-refractivity contribution >= 4 is 16.9 Å². The summed E-state index contributed by atoms with van der Waals surface area (Å²) in [5, 5.41) is 1.04. The van der Waals surface area contributed by atoms with Gasteiger partial charge in [-0.15, -0.1) is 0 Å². The zero-order valence-electron chi connectivity index (χ0n) is 17.5. The lowest BCUT2D eigenvalue weighted by molar-refractivity contribution is -0.145. The minimum Gasteiger partial charge on any atom is -0.457 e. The van der Waals surface area contributed by atoms with Crippen LogP contribution in [0.3, 0.4) is 0 Å². The van der Waals surface area contributed by atoms with Gasteiger partial charge in [0.05, 0.1) is 5.52 Å². The van der Waals surface area contributed by atoms with E-state index in [1.165, 1.54) is 0 Å². The Kier molecular flexibility index (Phi) is 7.07. The second-order valence-electron chi connectivity index (χ2n) is 7.28. The van der Waals surface area contributed by atoms with E-state index in [1.54, 1.807) is 19.1 Å². The number of nitrogens with zero attached hydrogens (tertiary/aromatic N) is 1. The quantitative estimate of drug-likeness (QED) is 0.209. The summed E-state index contributed by atoms with van der Waals surface area (Å²) in [7, 11) is 0. The molecule has 3 rings (SSSR count). The highest BCUT2D eigenvalue weighted by Crippen LogP contribution is 2.24. The Balaban J connectivity index is 1.85. The Hall–Kier alpha value is -3.34. The van der Waals surface area contributed by atoms with Crippen molar-refractivity contribution in [3.05, 3.63) is 77.1 Å². The second kappa shape index (κ2) is 9.92. The van der Waals surface area contributed by atoms with E-state index in [1.807, 2.05) is 47.0 Å². The predicted molar refractivity (Wildman–Crippen MR) is 120 cm³/mol. The number of fused-ring (bicyclic) bond motifs is 1. The maximum Gasteiger partial charge on any atom is 0.335 e. The molecule has 0 bridgehead atoms. The molecule has 0 aliphatic carbocycles. The predicted octanol–water partition coefficient (Wildman–Crippen LogP) is 5.31. The molecule has 0 saturated carbocycles. The minimum absolute atomic E-state index is 0.00820. The molecule has 0 amide bonds. The third-order valence-corrected chi connectivity index (χ3v) is 4.92. The fourth-order valence-corrected chi connectivity index (χ4v) is 3.28. The van der Waals surface area contributed by atoms with Crippen molar-refractivity contribution in [2.75, 3.05) is 6.79 Å². The Morgan fingerprint density at radius 2 is 1.80 bits per heavy atom. The molecule has 0 aliphatic heterocycles. The average Bonchev–Trinajstić information content (AvgIpc) is 2.75. The summed E-state index contributed by atoms with van der Waals surface area (Å²) in [6, 6.07) is 17.1. The summed E-state index contributed by atoms with van der Waals surface area (Å²) in [5.74, 6) is 0.0590. The number of hydrogen-bond acceptors (Lipinski definition) is 4. The number of para-hydroxylation sites is 1. The van der Waals surface area contributed by atoms with Crippen LogP contribution in [0, 0.1) is 0 Å². The first-order chi connectivity index (χ1) is 14.5. The molecule has 0 radical (unpaired) electrons. The van der Waals surface area contributed by atoms with Crippen molar-refractivity contribution in [3.63, 3.8) is 0 Å². The van der Waals surface area contributed by atoms with Crippen molar-refractivity contribution in [2.45, 2.75) is 39.7 Å². The van der Waals surface area contributed by atoms with Crippen LogP contribution in [0.5, 0.6) is 5.75 Å². The van der Waals surface area contributed by atoms with Crippen LogP contribution < -0.4 is 10.3 Å². The molecule has 1 heterocycles. The molecule has 0 spiro atoms. The van der Waals surface area contributed by atoms with E-state index in [2.05, 4.69) is 13.5 Å². The molecule has 0 N–H and O–H groups in total. The highest BCUT2D eigenvalue weighted by Gasteiger charge is 2.11. The van der Waals surface area contributed by atoms with Gasteiger partial charge < -0.3 is 14.0 Å². The highest BCUT2D eigenvalue weighted by molar-refractivity contribution is 5.87. The van der Waals surface area contributed by atoms with Crippen LogP contribution in [0.2, 0.25) is 0 Å². The van der Waals surface area contributed by atoms with Crippen molar-refractivity contribution in [1.82, 2.24) is 4.57 Å². The first-order valence-electron chi connectivity index (χ1n) is 10.2. The van der Waals surface area contributed by atoms with Gasteiger partial charge in [0.1, 0.15) is 5.75 Å². The molecule has 0 aliphatic rings. The topological polar surface area (TPSA) is 57.5 Å². The first-order valence-corrected chi connectivity index (χ1v) is 10.2. The largest absolute Gasteiger partial charge is 0.457 e. The molecule has 156 valence electrons. The monoisotopic (exact) mass is 405 g/mol. The summed E-state index contributed by atoms with van der Waals surface area (Å²) >= 11 is 0. The van der Waals surface area contributed by atoms with Gasteiger partial charge in [-0.1, -0.05) is 56.7 Å². The van der Waals surface area contributed by atoms with Gasteiger partial charge in [0.2, 0.25) is 6.79 Å². The maximum atomic E-state index is 13.2. The van der Waals surface area contributed by atoms with Crippen LogP contribution in [0.1, 0.15) is 33.1 Å². The Labute approximate surface area is 176 Å². The van der Waals surface area contributed by atoms with Crippen LogP contribution in [-0.4, -0.2) is 17.3 Å². The molecular formula is C25H27NO4. The van der Waals surface area contributed by atoms with Gasteiger partial charge in [-0.05, 0) is 48.6 Å². The number of benzene rings is 2. The number of carbonyl (C=O) groups excluding carboxylic acids is 1. The third-order valence-electron chi connectivity index (χ3n) is 4.92. The summed E-state index contributed by atoms with van der Waals surface area (Å²) in [4.78, 5) is 24.6. The number of unbranched alkanes of at least 4 members (excludes halogenated alkanes) is 2. The summed E-state index contributed by atoms with van der Waals surface area (Å²) in [6.07, 6.45) is 3.17. The summed E-state index contributed by atoms with van der Waals surface area (Å²) in [5.41, 5.74) is 2.77. The molecule has 2 aromatic carbocycles. The SMILES string of the molecule is C=C(C)C(=O)OCOc1ccc(-c2cc3ccccc3n(CCCCC)c2=O)cc1. The van der Waals surface area contributed by atoms with Crippen LogP contribution in [0.4, 0.5) is 0 Å². The number of esters is 1. The smallest absolute Gasteiger partial charge is 0.335 e. The number of hydrogen-bond donors (Lipinski definition) is 0. The van der Waals surface area contributed by atoms with Crippen molar-refractivity contribution in [3.8, 4) is 16.9 Å². The molecular weight excluding hydrogens is 378 g/mol. The van der Waals surface area contributed by atoms with Gasteiger partial charge in [0.15, 0.2) is 0 Å². The number of pyridine rings is 1. The standard InChI is InChI=1S/C25H27NO4/c1-4-5-8-15-26-23-10-7-6-9-20(23)16-22(24(26)27)19-11-13-21(14-12-19)29-17-30-25(28)18(2)3/h6-7,9-14,16H,2,4-5,8,15,17H2,1,3H3. The third kappa shape index (κ3) is 4.98. The van der Waals surface area contributed by atoms with Gasteiger partial charge in [-0.25, -0.2) is 4.79 Å². The van der Waals surface area contributed by atoms with Gasteiger partial charge >= 0.3 is 5.97 Å². The molecule has 0 atom stereocenters. The Morgan fingerprint density at radius 3 is 2.50 bits per heavy atom. The Bertz CT molecular complexity index is 1100. The summed E-state index contributed by atoms with van der Waals surface area (Å²) in [6.45, 7) is 7.77. The first kappa shape index (κ1) is 21.4. The fourth-order valence-electron chi connectivity index (χ4n) is 3.28. The molecule has 0 fully saturated rings. The molecule has 5 nitrogen and oxygen atoms in total. The van der Waals surface area contributed by atoms with E-state index in [9.17, 15) is 9.59 Å². The lowest BCUT2D eigenvalue weighted by Gasteiger charge is -2.13. The van der Waals surface area contributed by atoms with Gasteiger partial charge in [-0.3, -0.25) is 4.79 Å². The normalized spacial score (nSPS) is 10.7. The van der Waals surface area contributed by atoms with Crippen molar-refractivity contribution in [2.24, 2.45) is 0 Å². The van der Waals surface area contributed by atoms with Crippen LogP contribution in [-0.2, 0) is 16.1 Å². The van der Waals surface area contributed by atoms with E-state index in [0.29, 0.717) is 23.4 Å². The lowest BCUT2D eigenvalue weighted by Crippen LogP contribution is -2.22. The molecule has 5 heteroatoms. The van der Waals surface area contributed by atoms with Crippen molar-refractivity contribution in [1.29, 1.82) is 0 Å². The zero-order chi connectivity index (χ0) is 21.5. The van der Waals surface area contributed by atoms with Gasteiger partial charge in [0, 0.05) is 17.7 Å². The van der Waals surface area contributed by atoms with E-state index in [0.717, 1.165) is 35.7 Å². The maximum absolute atomic E-state index is 13.2. The number of carbonyl (C=O) groups is 1. The van der Waals surface area contributed by atoms with Crippen molar-refractivity contribution < 1.29 is 14.3 Å². The number of rotatable bonds is 9. The highest BCUT2D eigenvalue weighted by atomic mass is 16.7. The van der Waals surface area contributed by atoms with Gasteiger partial charge in [-0.2, -0.15) is 0 Å². The van der Waals surface area contributed by atoms with E-state index >= 15 is 0 Å². The minimum atomic E-state index is -0.494.